The van der Waals surface area contributed by atoms with Gasteiger partial charge in [-0.25, -0.2) is 0 Å². The van der Waals surface area contributed by atoms with Crippen LogP contribution in [0.3, 0.4) is 0 Å². The molecule has 0 amide bonds. The third-order valence-electron chi connectivity index (χ3n) is 2.23. The number of benzene rings is 1. The van der Waals surface area contributed by atoms with Gasteiger partial charge < -0.3 is 15.1 Å². The van der Waals surface area contributed by atoms with Gasteiger partial charge in [-0.1, -0.05) is 17.7 Å². The molecule has 2 N–H and O–H groups in total. The molecule has 0 aliphatic heterocycles. The number of aliphatic carboxylic acids is 1. The Morgan fingerprint density at radius 3 is 2.75 bits per heavy atom. The van der Waals surface area contributed by atoms with E-state index in [0.29, 0.717) is 23.7 Å². The van der Waals surface area contributed by atoms with Crippen LogP contribution in [0.4, 0.5) is 0 Å². The van der Waals surface area contributed by atoms with Gasteiger partial charge in [-0.3, -0.25) is 4.79 Å². The second-order valence-corrected chi connectivity index (χ2v) is 4.03. The van der Waals surface area contributed by atoms with Crippen molar-refractivity contribution in [3.05, 3.63) is 28.8 Å². The Morgan fingerprint density at radius 2 is 2.19 bits per heavy atom. The van der Waals surface area contributed by atoms with Crippen molar-refractivity contribution in [2.45, 2.75) is 13.0 Å². The minimum atomic E-state index is -0.838. The van der Waals surface area contributed by atoms with E-state index < -0.39 is 5.97 Å². The maximum Gasteiger partial charge on any atom is 0.304 e. The van der Waals surface area contributed by atoms with E-state index in [0.717, 1.165) is 0 Å². The molecule has 16 heavy (non-hydrogen) atoms. The number of halogens is 1. The highest BCUT2D eigenvalue weighted by molar-refractivity contribution is 6.31. The minimum absolute atomic E-state index is 0.0711. The maximum absolute atomic E-state index is 10.4. The molecule has 0 heterocycles. The van der Waals surface area contributed by atoms with E-state index in [1.54, 1.807) is 30.1 Å². The summed E-state index contributed by atoms with van der Waals surface area (Å²) >= 11 is 5.93. The van der Waals surface area contributed by atoms with E-state index in [1.165, 1.54) is 0 Å². The lowest BCUT2D eigenvalue weighted by molar-refractivity contribution is -0.137. The summed E-state index contributed by atoms with van der Waals surface area (Å²) in [5, 5.41) is 18.6. The van der Waals surface area contributed by atoms with Crippen molar-refractivity contribution in [3.63, 3.8) is 0 Å². The van der Waals surface area contributed by atoms with Crippen LogP contribution in [0, 0.1) is 0 Å². The number of carboxylic acid groups (broad SMARTS) is 1. The molecule has 1 aromatic carbocycles. The summed E-state index contributed by atoms with van der Waals surface area (Å²) in [6, 6.07) is 4.92. The average molecular weight is 244 g/mol. The third kappa shape index (κ3) is 3.72. The molecule has 0 bridgehead atoms. The Bertz CT molecular complexity index is 361. The second-order valence-electron chi connectivity index (χ2n) is 3.62. The van der Waals surface area contributed by atoms with E-state index in [1.807, 2.05) is 0 Å². The molecule has 0 aliphatic rings. The van der Waals surface area contributed by atoms with Gasteiger partial charge >= 0.3 is 5.97 Å². The summed E-state index contributed by atoms with van der Waals surface area (Å²) in [6.07, 6.45) is 0.0711. The fourth-order valence-corrected chi connectivity index (χ4v) is 1.57. The molecule has 88 valence electrons. The van der Waals surface area contributed by atoms with E-state index in [9.17, 15) is 9.90 Å². The molecule has 0 atom stereocenters. The Labute approximate surface area is 99.1 Å². The van der Waals surface area contributed by atoms with Crippen LogP contribution in [0.5, 0.6) is 5.75 Å². The van der Waals surface area contributed by atoms with Gasteiger partial charge in [0.1, 0.15) is 5.75 Å². The lowest BCUT2D eigenvalue weighted by atomic mass is 10.2. The fraction of sp³-hybridized carbons (Fsp3) is 0.364. The molecule has 0 unspecified atom stereocenters. The summed E-state index contributed by atoms with van der Waals surface area (Å²) in [4.78, 5) is 12.2. The van der Waals surface area contributed by atoms with Crippen molar-refractivity contribution in [2.75, 3.05) is 13.6 Å². The topological polar surface area (TPSA) is 60.8 Å². The van der Waals surface area contributed by atoms with Crippen molar-refractivity contribution in [1.29, 1.82) is 0 Å². The summed E-state index contributed by atoms with van der Waals surface area (Å²) < 4.78 is 0. The lowest BCUT2D eigenvalue weighted by Gasteiger charge is -2.17. The smallest absolute Gasteiger partial charge is 0.304 e. The molecule has 0 radical (unpaired) electrons. The fourth-order valence-electron chi connectivity index (χ4n) is 1.34. The van der Waals surface area contributed by atoms with Crippen LogP contribution in [-0.2, 0) is 11.3 Å². The molecule has 1 aromatic rings. The number of carbonyl (C=O) groups is 1. The summed E-state index contributed by atoms with van der Waals surface area (Å²) in [7, 11) is 1.78. The first-order valence-electron chi connectivity index (χ1n) is 4.87. The van der Waals surface area contributed by atoms with Crippen LogP contribution in [0.2, 0.25) is 5.02 Å². The van der Waals surface area contributed by atoms with Gasteiger partial charge in [-0.15, -0.1) is 0 Å². The largest absolute Gasteiger partial charge is 0.508 e. The van der Waals surface area contributed by atoms with Gasteiger partial charge in [0.25, 0.3) is 0 Å². The monoisotopic (exact) mass is 243 g/mol. The van der Waals surface area contributed by atoms with Gasteiger partial charge in [0.05, 0.1) is 6.42 Å². The number of hydrogen-bond acceptors (Lipinski definition) is 3. The predicted octanol–water partition coefficient (Wildman–Crippen LogP) is 1.95. The Hall–Kier alpha value is -1.26. The number of carboxylic acids is 1. The minimum Gasteiger partial charge on any atom is -0.508 e. The number of hydrogen-bond donors (Lipinski definition) is 2. The zero-order valence-corrected chi connectivity index (χ0v) is 9.74. The van der Waals surface area contributed by atoms with E-state index >= 15 is 0 Å². The molecule has 0 spiro atoms. The number of nitrogens with zero attached hydrogens (tertiary/aromatic N) is 1. The van der Waals surface area contributed by atoms with E-state index in [2.05, 4.69) is 0 Å². The standard InChI is InChI=1S/C11H14ClNO3/c1-13(6-5-11(15)16)7-8-9(12)3-2-4-10(8)14/h2-4,14H,5-7H2,1H3,(H,15,16). The van der Waals surface area contributed by atoms with Gasteiger partial charge in [0, 0.05) is 23.7 Å². The molecule has 1 rings (SSSR count). The molecule has 0 aliphatic carbocycles. The molecule has 0 fully saturated rings. The molecule has 0 aromatic heterocycles. The van der Waals surface area contributed by atoms with Crippen LogP contribution >= 0.6 is 11.6 Å². The maximum atomic E-state index is 10.4. The average Bonchev–Trinajstić information content (AvgIpc) is 2.21. The Kier molecular flexibility index (Phi) is 4.58. The third-order valence-corrected chi connectivity index (χ3v) is 2.58. The quantitative estimate of drug-likeness (QED) is 0.830. The second kappa shape index (κ2) is 5.72. The van der Waals surface area contributed by atoms with E-state index in [4.69, 9.17) is 16.7 Å². The molecule has 0 saturated heterocycles. The summed E-state index contributed by atoms with van der Waals surface area (Å²) in [5.41, 5.74) is 0.622. The number of rotatable bonds is 5. The molecule has 4 nitrogen and oxygen atoms in total. The Morgan fingerprint density at radius 1 is 1.50 bits per heavy atom. The first-order valence-corrected chi connectivity index (χ1v) is 5.25. The van der Waals surface area contributed by atoms with Crippen LogP contribution in [0.1, 0.15) is 12.0 Å². The first kappa shape index (κ1) is 12.8. The van der Waals surface area contributed by atoms with E-state index in [-0.39, 0.29) is 12.2 Å². The van der Waals surface area contributed by atoms with Crippen LogP contribution in [0.25, 0.3) is 0 Å². The van der Waals surface area contributed by atoms with Gasteiger partial charge in [-0.05, 0) is 19.2 Å². The highest BCUT2D eigenvalue weighted by Crippen LogP contribution is 2.26. The van der Waals surface area contributed by atoms with Crippen molar-refractivity contribution in [1.82, 2.24) is 4.90 Å². The number of phenolic OH excluding ortho intramolecular Hbond substituents is 1. The number of aromatic hydroxyl groups is 1. The lowest BCUT2D eigenvalue weighted by Crippen LogP contribution is -2.21. The van der Waals surface area contributed by atoms with Crippen LogP contribution in [0.15, 0.2) is 18.2 Å². The van der Waals surface area contributed by atoms with Gasteiger partial charge in [0.2, 0.25) is 0 Å². The van der Waals surface area contributed by atoms with Gasteiger partial charge in [-0.2, -0.15) is 0 Å². The SMILES string of the molecule is CN(CCC(=O)O)Cc1c(O)cccc1Cl. The van der Waals surface area contributed by atoms with Crippen molar-refractivity contribution in [2.24, 2.45) is 0 Å². The number of phenols is 1. The normalized spacial score (nSPS) is 10.7. The summed E-state index contributed by atoms with van der Waals surface area (Å²) in [5.74, 6) is -0.704. The zero-order chi connectivity index (χ0) is 12.1. The molecule has 0 saturated carbocycles. The zero-order valence-electron chi connectivity index (χ0n) is 8.98. The van der Waals surface area contributed by atoms with Crippen molar-refractivity contribution < 1.29 is 15.0 Å². The Balaban J connectivity index is 2.62. The predicted molar refractivity (Wildman–Crippen MR) is 61.7 cm³/mol. The first-order chi connectivity index (χ1) is 7.50. The molecular weight excluding hydrogens is 230 g/mol. The molecule has 5 heteroatoms. The molecular formula is C11H14ClNO3. The van der Waals surface area contributed by atoms with Gasteiger partial charge in [0.15, 0.2) is 0 Å². The van der Waals surface area contributed by atoms with Crippen molar-refractivity contribution in [3.8, 4) is 5.75 Å². The summed E-state index contributed by atoms with van der Waals surface area (Å²) in [6.45, 7) is 0.846. The van der Waals surface area contributed by atoms with Crippen molar-refractivity contribution >= 4 is 17.6 Å². The van der Waals surface area contributed by atoms with Crippen LogP contribution < -0.4 is 0 Å². The highest BCUT2D eigenvalue weighted by atomic mass is 35.5. The van der Waals surface area contributed by atoms with Crippen LogP contribution in [-0.4, -0.2) is 34.7 Å². The highest BCUT2D eigenvalue weighted by Gasteiger charge is 2.09.